The Labute approximate surface area is 186 Å². The molecule has 2 aromatic rings. The van der Waals surface area contributed by atoms with Crippen LogP contribution in [0.15, 0.2) is 42.5 Å². The number of nitrogens with zero attached hydrogens (tertiary/aromatic N) is 1. The van der Waals surface area contributed by atoms with Crippen LogP contribution in [0.4, 0.5) is 5.69 Å². The van der Waals surface area contributed by atoms with Gasteiger partial charge in [-0.05, 0) is 74.1 Å². The van der Waals surface area contributed by atoms with Gasteiger partial charge in [-0.3, -0.25) is 9.10 Å². The lowest BCUT2D eigenvalue weighted by Crippen LogP contribution is -2.48. The molecule has 0 fully saturated rings. The molecule has 0 aromatic heterocycles. The molecule has 0 heterocycles. The molecule has 2 rings (SSSR count). The largest absolute Gasteiger partial charge is 0.497 e. The Morgan fingerprint density at radius 3 is 2.13 bits per heavy atom. The molecule has 1 N–H and O–H groups in total. The number of sulfonamides is 1. The maximum atomic E-state index is 13.2. The number of aryl methyl sites for hydroxylation is 2. The normalized spacial score (nSPS) is 13.5. The number of hydrogen-bond acceptors (Lipinski definition) is 4. The van der Waals surface area contributed by atoms with Gasteiger partial charge in [0.1, 0.15) is 11.8 Å². The molecule has 0 aliphatic carbocycles. The number of anilines is 1. The third-order valence-electron chi connectivity index (χ3n) is 5.38. The van der Waals surface area contributed by atoms with Gasteiger partial charge < -0.3 is 10.1 Å². The summed E-state index contributed by atoms with van der Waals surface area (Å²) < 4.78 is 31.6. The highest BCUT2D eigenvalue weighted by Gasteiger charge is 2.31. The molecule has 0 saturated carbocycles. The van der Waals surface area contributed by atoms with E-state index >= 15 is 0 Å². The van der Waals surface area contributed by atoms with Crippen LogP contribution in [0.2, 0.25) is 0 Å². The Kier molecular flexibility index (Phi) is 8.12. The monoisotopic (exact) mass is 446 g/mol. The predicted molar refractivity (Wildman–Crippen MR) is 126 cm³/mol. The summed E-state index contributed by atoms with van der Waals surface area (Å²) in [5.74, 6) is 0.739. The van der Waals surface area contributed by atoms with Crippen LogP contribution >= 0.6 is 0 Å². The van der Waals surface area contributed by atoms with Gasteiger partial charge in [0.25, 0.3) is 0 Å². The van der Waals surface area contributed by atoms with Crippen molar-refractivity contribution in [3.8, 4) is 5.75 Å². The summed E-state index contributed by atoms with van der Waals surface area (Å²) in [5.41, 5.74) is 3.46. The van der Waals surface area contributed by atoms with E-state index in [1.807, 2.05) is 44.2 Å². The van der Waals surface area contributed by atoms with Crippen LogP contribution in [-0.4, -0.2) is 33.7 Å². The van der Waals surface area contributed by atoms with Gasteiger partial charge in [0.15, 0.2) is 0 Å². The lowest BCUT2D eigenvalue weighted by molar-refractivity contribution is -0.122. The van der Waals surface area contributed by atoms with Gasteiger partial charge in [0.05, 0.1) is 25.1 Å². The molecule has 2 atom stereocenters. The van der Waals surface area contributed by atoms with Gasteiger partial charge >= 0.3 is 0 Å². The second-order valence-electron chi connectivity index (χ2n) is 8.47. The first-order chi connectivity index (χ1) is 14.4. The topological polar surface area (TPSA) is 75.7 Å². The maximum absolute atomic E-state index is 13.2. The molecule has 0 bridgehead atoms. The van der Waals surface area contributed by atoms with Crippen LogP contribution in [-0.2, 0) is 14.8 Å². The first kappa shape index (κ1) is 24.7. The highest BCUT2D eigenvalue weighted by atomic mass is 32.2. The lowest BCUT2D eigenvalue weighted by Gasteiger charge is -2.30. The molecule has 0 saturated heterocycles. The molecule has 0 unspecified atom stereocenters. The summed E-state index contributed by atoms with van der Waals surface area (Å²) in [6.07, 6.45) is 1.86. The second-order valence-corrected chi connectivity index (χ2v) is 10.3. The van der Waals surface area contributed by atoms with Crippen molar-refractivity contribution in [1.82, 2.24) is 5.32 Å². The quantitative estimate of drug-likeness (QED) is 0.621. The minimum Gasteiger partial charge on any atom is -0.497 e. The number of rotatable bonds is 9. The molecule has 0 spiro atoms. The molecular formula is C24H34N2O4S. The highest BCUT2D eigenvalue weighted by Crippen LogP contribution is 2.26. The predicted octanol–water partition coefficient (Wildman–Crippen LogP) is 4.37. The molecule has 2 aromatic carbocycles. The fourth-order valence-corrected chi connectivity index (χ4v) is 4.72. The number of methoxy groups -OCH3 is 1. The van der Waals surface area contributed by atoms with Gasteiger partial charge in [0, 0.05) is 0 Å². The molecule has 1 amide bonds. The van der Waals surface area contributed by atoms with Gasteiger partial charge in [-0.2, -0.15) is 0 Å². The van der Waals surface area contributed by atoms with Gasteiger partial charge in [0.2, 0.25) is 15.9 Å². The van der Waals surface area contributed by atoms with E-state index in [1.165, 1.54) is 4.31 Å². The smallest absolute Gasteiger partial charge is 0.244 e. The zero-order chi connectivity index (χ0) is 23.3. The zero-order valence-electron chi connectivity index (χ0n) is 19.5. The fourth-order valence-electron chi connectivity index (χ4n) is 3.55. The molecule has 0 aliphatic rings. The number of carbonyl (C=O) groups is 1. The van der Waals surface area contributed by atoms with Crippen LogP contribution in [0.5, 0.6) is 5.75 Å². The van der Waals surface area contributed by atoms with E-state index in [2.05, 4.69) is 19.2 Å². The van der Waals surface area contributed by atoms with Crippen molar-refractivity contribution in [3.63, 3.8) is 0 Å². The van der Waals surface area contributed by atoms with Crippen LogP contribution in [0.25, 0.3) is 0 Å². The van der Waals surface area contributed by atoms with Crippen molar-refractivity contribution in [1.29, 1.82) is 0 Å². The van der Waals surface area contributed by atoms with Crippen LogP contribution in [0, 0.1) is 19.8 Å². The van der Waals surface area contributed by atoms with E-state index < -0.39 is 16.1 Å². The van der Waals surface area contributed by atoms with Crippen LogP contribution < -0.4 is 14.4 Å². The minimum atomic E-state index is -3.67. The van der Waals surface area contributed by atoms with Gasteiger partial charge in [-0.25, -0.2) is 8.42 Å². The van der Waals surface area contributed by atoms with E-state index in [4.69, 9.17) is 4.74 Å². The van der Waals surface area contributed by atoms with E-state index in [-0.39, 0.29) is 11.9 Å². The first-order valence-electron chi connectivity index (χ1n) is 10.4. The summed E-state index contributed by atoms with van der Waals surface area (Å²) in [5, 5.41) is 3.06. The summed E-state index contributed by atoms with van der Waals surface area (Å²) in [7, 11) is -2.06. The van der Waals surface area contributed by atoms with Crippen LogP contribution in [0.3, 0.4) is 0 Å². The van der Waals surface area contributed by atoms with Crippen molar-refractivity contribution in [2.45, 2.75) is 53.1 Å². The number of amides is 1. The Bertz CT molecular complexity index is 1000. The maximum Gasteiger partial charge on any atom is 0.244 e. The number of hydrogen-bond donors (Lipinski definition) is 1. The summed E-state index contributed by atoms with van der Waals surface area (Å²) >= 11 is 0. The van der Waals surface area contributed by atoms with E-state index in [0.717, 1.165) is 35.1 Å². The lowest BCUT2D eigenvalue weighted by atomic mass is 9.96. The Morgan fingerprint density at radius 2 is 1.65 bits per heavy atom. The second kappa shape index (κ2) is 10.2. The average Bonchev–Trinajstić information content (AvgIpc) is 2.69. The molecule has 7 heteroatoms. The number of benzene rings is 2. The highest BCUT2D eigenvalue weighted by molar-refractivity contribution is 7.92. The molecule has 0 radical (unpaired) electrons. The van der Waals surface area contributed by atoms with Crippen LogP contribution in [0.1, 0.15) is 49.9 Å². The van der Waals surface area contributed by atoms with Crippen molar-refractivity contribution in [2.75, 3.05) is 17.7 Å². The Balaban J connectivity index is 2.33. The first-order valence-corrected chi connectivity index (χ1v) is 12.3. The molecule has 31 heavy (non-hydrogen) atoms. The van der Waals surface area contributed by atoms with Crippen molar-refractivity contribution < 1.29 is 17.9 Å². The summed E-state index contributed by atoms with van der Waals surface area (Å²) in [6.45, 7) is 9.68. The molecular weight excluding hydrogens is 412 g/mol. The number of ether oxygens (including phenoxy) is 1. The zero-order valence-corrected chi connectivity index (χ0v) is 20.3. The third kappa shape index (κ3) is 6.47. The van der Waals surface area contributed by atoms with E-state index in [1.54, 1.807) is 26.2 Å². The fraction of sp³-hybridized carbons (Fsp3) is 0.458. The van der Waals surface area contributed by atoms with Crippen molar-refractivity contribution in [3.05, 3.63) is 59.2 Å². The standard InChI is InChI=1S/C24H34N2O4S/c1-16(2)14-23(20-9-12-22(30-6)13-10-20)25-24(27)19(5)26(31(7,28)29)21-11-8-17(3)18(4)15-21/h8-13,15-16,19,23H,14H2,1-7H3,(H,25,27)/t19-,23-/m1/s1. The molecule has 6 nitrogen and oxygen atoms in total. The van der Waals surface area contributed by atoms with Crippen molar-refractivity contribution >= 4 is 21.6 Å². The average molecular weight is 447 g/mol. The Hall–Kier alpha value is -2.54. The summed E-state index contributed by atoms with van der Waals surface area (Å²) in [4.78, 5) is 13.2. The SMILES string of the molecule is COc1ccc([C@@H](CC(C)C)NC(=O)[C@@H](C)N(c2ccc(C)c(C)c2)S(C)(=O)=O)cc1. The molecule has 0 aliphatic heterocycles. The van der Waals surface area contributed by atoms with Gasteiger partial charge in [-0.15, -0.1) is 0 Å². The van der Waals surface area contributed by atoms with Crippen molar-refractivity contribution in [2.24, 2.45) is 5.92 Å². The van der Waals surface area contributed by atoms with E-state index in [9.17, 15) is 13.2 Å². The minimum absolute atomic E-state index is 0.234. The molecule has 170 valence electrons. The van der Waals surface area contributed by atoms with Gasteiger partial charge in [-0.1, -0.05) is 32.0 Å². The summed E-state index contributed by atoms with van der Waals surface area (Å²) in [6, 6.07) is 11.8. The number of nitrogens with one attached hydrogen (secondary N) is 1. The third-order valence-corrected chi connectivity index (χ3v) is 6.62. The van der Waals surface area contributed by atoms with E-state index in [0.29, 0.717) is 11.6 Å². The Morgan fingerprint density at radius 1 is 1.03 bits per heavy atom. The number of carbonyl (C=O) groups excluding carboxylic acids is 1.